The molecule has 1 amide bonds. The number of carbonyl (C=O) groups is 2. The number of nitrogens with one attached hydrogen (secondary N) is 1. The van der Waals surface area contributed by atoms with E-state index in [1.807, 2.05) is 24.7 Å². The average Bonchev–Trinajstić information content (AvgIpc) is 3.46. The van der Waals surface area contributed by atoms with Gasteiger partial charge in [0.05, 0.1) is 6.33 Å². The fourth-order valence-corrected chi connectivity index (χ4v) is 3.98. The molecule has 0 bridgehead atoms. The summed E-state index contributed by atoms with van der Waals surface area (Å²) in [6, 6.07) is 1.98. The Morgan fingerprint density at radius 3 is 2.36 bits per heavy atom. The van der Waals surface area contributed by atoms with Crippen LogP contribution in [0.1, 0.15) is 58.7 Å². The molecule has 0 saturated heterocycles. The Balaban J connectivity index is 0.000000411. The molecule has 12 nitrogen and oxygen atoms in total. The van der Waals surface area contributed by atoms with Crippen LogP contribution in [-0.4, -0.2) is 80.6 Å². The third kappa shape index (κ3) is 10.2. The lowest BCUT2D eigenvalue weighted by atomic mass is 10.1. The number of aromatic nitrogens is 4. The summed E-state index contributed by atoms with van der Waals surface area (Å²) < 4.78 is 40.4. The maximum absolute atomic E-state index is 11.5. The lowest BCUT2D eigenvalue weighted by Crippen LogP contribution is -2.45. The van der Waals surface area contributed by atoms with Crippen molar-refractivity contribution in [2.45, 2.75) is 71.2 Å². The van der Waals surface area contributed by atoms with Gasteiger partial charge in [-0.05, 0) is 66.6 Å². The molecule has 2 heterocycles. The predicted molar refractivity (Wildman–Crippen MR) is 136 cm³/mol. The van der Waals surface area contributed by atoms with E-state index in [9.17, 15) is 33.1 Å². The molecule has 2 N–H and O–H groups in total. The smallest absolute Gasteiger partial charge is 0.464 e. The van der Waals surface area contributed by atoms with Crippen molar-refractivity contribution in [2.24, 2.45) is 5.92 Å². The molecule has 0 radical (unpaired) electrons. The number of hydrogen-bond donors (Lipinski definition) is 2. The number of ether oxygens (including phenoxy) is 1. The van der Waals surface area contributed by atoms with Crippen molar-refractivity contribution in [3.8, 4) is 6.07 Å². The molecule has 1 saturated carbocycles. The molecule has 0 spiro atoms. The van der Waals surface area contributed by atoms with E-state index in [0.29, 0.717) is 36.0 Å². The zero-order chi connectivity index (χ0) is 29.4. The molecule has 0 atom stereocenters. The summed E-state index contributed by atoms with van der Waals surface area (Å²) >= 11 is 0. The van der Waals surface area contributed by atoms with Crippen LogP contribution in [-0.2, 0) is 16.1 Å². The molecule has 39 heavy (non-hydrogen) atoms. The number of aryl methyl sites for hydroxylation is 1. The molecule has 15 heteroatoms. The molecular weight excluding hydrogens is 521 g/mol. The van der Waals surface area contributed by atoms with Gasteiger partial charge in [-0.2, -0.15) is 28.4 Å². The minimum Gasteiger partial charge on any atom is -0.464 e. The molecule has 3 rings (SSSR count). The van der Waals surface area contributed by atoms with Gasteiger partial charge < -0.3 is 19.3 Å². The second-order valence-corrected chi connectivity index (χ2v) is 10.4. The maximum atomic E-state index is 11.5. The Hall–Kier alpha value is -3.67. The molecule has 1 fully saturated rings. The van der Waals surface area contributed by atoms with Crippen molar-refractivity contribution >= 4 is 29.0 Å². The van der Waals surface area contributed by atoms with Gasteiger partial charge in [0.15, 0.2) is 17.0 Å². The van der Waals surface area contributed by atoms with E-state index < -0.39 is 23.8 Å². The minimum atomic E-state index is -4.90. The van der Waals surface area contributed by atoms with E-state index >= 15 is 0 Å². The lowest BCUT2D eigenvalue weighted by molar-refractivity contribution is -0.210. The molecule has 0 unspecified atom stereocenters. The van der Waals surface area contributed by atoms with Gasteiger partial charge >= 0.3 is 18.2 Å². The highest BCUT2D eigenvalue weighted by Gasteiger charge is 2.42. The van der Waals surface area contributed by atoms with Crippen LogP contribution in [0.5, 0.6) is 0 Å². The number of nitrogens with zero attached hydrogens (tertiary/aromatic N) is 7. The van der Waals surface area contributed by atoms with Gasteiger partial charge in [-0.3, -0.25) is 5.01 Å². The van der Waals surface area contributed by atoms with E-state index in [1.54, 1.807) is 6.33 Å². The molecule has 2 aromatic rings. The highest BCUT2D eigenvalue weighted by molar-refractivity contribution is 5.85. The van der Waals surface area contributed by atoms with E-state index in [2.05, 4.69) is 30.0 Å². The van der Waals surface area contributed by atoms with Gasteiger partial charge in [-0.15, -0.1) is 0 Å². The van der Waals surface area contributed by atoms with E-state index in [-0.39, 0.29) is 5.82 Å². The zero-order valence-electron chi connectivity index (χ0n) is 22.7. The van der Waals surface area contributed by atoms with Crippen LogP contribution in [0.3, 0.4) is 0 Å². The van der Waals surface area contributed by atoms with Crippen LogP contribution < -0.4 is 10.4 Å². The summed E-state index contributed by atoms with van der Waals surface area (Å²) in [4.78, 5) is 36.6. The SMILES string of the molecule is CC(C)(C)OC(=O)C(F)(F)F.CN(C)CCCn1cnc2c(N(CC3CCCC3)NC(=O)O)nc(C#N)nc21. The number of carboxylic acid groups (broad SMARTS) is 1. The number of hydrogen-bond acceptors (Lipinski definition) is 9. The molecule has 0 aromatic carbocycles. The second kappa shape index (κ2) is 13.4. The number of esters is 1. The summed E-state index contributed by atoms with van der Waals surface area (Å²) in [6.45, 7) is 6.22. The number of imidazole rings is 1. The number of rotatable bonds is 8. The van der Waals surface area contributed by atoms with Gasteiger partial charge in [0.1, 0.15) is 11.7 Å². The Labute approximate surface area is 224 Å². The lowest BCUT2D eigenvalue weighted by Gasteiger charge is -2.25. The zero-order valence-corrected chi connectivity index (χ0v) is 22.7. The van der Waals surface area contributed by atoms with Gasteiger partial charge in [0.25, 0.3) is 0 Å². The number of carbonyl (C=O) groups excluding carboxylic acids is 1. The standard InChI is InChI=1S/C18H26N8O2.C6H9F3O2/c1-24(2)8-5-9-25-12-20-15-16(25)21-14(10-19)22-17(15)26(23-18(27)28)11-13-6-3-4-7-13;1-5(2,3)11-4(10)6(7,8)9/h12-13,23H,3-9,11H2,1-2H3,(H,27,28);1-3H3. The van der Waals surface area contributed by atoms with E-state index in [1.165, 1.54) is 25.8 Å². The van der Waals surface area contributed by atoms with Crippen LogP contribution in [0, 0.1) is 17.2 Å². The van der Waals surface area contributed by atoms with Crippen LogP contribution in [0.25, 0.3) is 11.2 Å². The summed E-state index contributed by atoms with van der Waals surface area (Å²) in [5.41, 5.74) is 2.38. The third-order valence-corrected chi connectivity index (χ3v) is 5.58. The second-order valence-electron chi connectivity index (χ2n) is 10.4. The topological polar surface area (TPSA) is 150 Å². The van der Waals surface area contributed by atoms with Crippen LogP contribution in [0.4, 0.5) is 23.8 Å². The fourth-order valence-electron chi connectivity index (χ4n) is 3.98. The van der Waals surface area contributed by atoms with Crippen LogP contribution >= 0.6 is 0 Å². The monoisotopic (exact) mass is 556 g/mol. The summed E-state index contributed by atoms with van der Waals surface area (Å²) in [7, 11) is 4.02. The molecule has 2 aromatic heterocycles. The number of nitriles is 1. The fraction of sp³-hybridized carbons (Fsp3) is 0.667. The summed E-state index contributed by atoms with van der Waals surface area (Å²) in [5.74, 6) is -1.43. The largest absolute Gasteiger partial charge is 0.490 e. The normalized spacial score (nSPS) is 14.1. The number of anilines is 1. The number of halogens is 3. The Morgan fingerprint density at radius 2 is 1.87 bits per heavy atom. The van der Waals surface area contributed by atoms with Gasteiger partial charge in [0, 0.05) is 13.1 Å². The van der Waals surface area contributed by atoms with Crippen LogP contribution in [0.2, 0.25) is 0 Å². The highest BCUT2D eigenvalue weighted by Crippen LogP contribution is 2.29. The Bertz CT molecular complexity index is 1170. The molecule has 216 valence electrons. The first-order chi connectivity index (χ1) is 18.1. The van der Waals surface area contributed by atoms with E-state index in [0.717, 1.165) is 38.6 Å². The number of amides is 1. The Morgan fingerprint density at radius 1 is 1.23 bits per heavy atom. The highest BCUT2D eigenvalue weighted by atomic mass is 19.4. The van der Waals surface area contributed by atoms with Crippen LogP contribution in [0.15, 0.2) is 6.33 Å². The first kappa shape index (κ1) is 31.5. The first-order valence-electron chi connectivity index (χ1n) is 12.5. The van der Waals surface area contributed by atoms with E-state index in [4.69, 9.17) is 0 Å². The van der Waals surface area contributed by atoms with Crippen molar-refractivity contribution < 1.29 is 32.6 Å². The van der Waals surface area contributed by atoms with Gasteiger partial charge in [-0.25, -0.2) is 20.0 Å². The summed E-state index contributed by atoms with van der Waals surface area (Å²) in [5, 5.41) is 20.2. The molecule has 1 aliphatic rings. The number of alkyl halides is 3. The van der Waals surface area contributed by atoms with Gasteiger partial charge in [-0.1, -0.05) is 12.8 Å². The third-order valence-electron chi connectivity index (χ3n) is 5.58. The Kier molecular flexibility index (Phi) is 10.8. The van der Waals surface area contributed by atoms with Crippen molar-refractivity contribution in [1.82, 2.24) is 29.8 Å². The van der Waals surface area contributed by atoms with Crippen molar-refractivity contribution in [3.05, 3.63) is 12.2 Å². The van der Waals surface area contributed by atoms with Crippen molar-refractivity contribution in [2.75, 3.05) is 32.2 Å². The predicted octanol–water partition coefficient (Wildman–Crippen LogP) is 3.72. The first-order valence-corrected chi connectivity index (χ1v) is 12.5. The quantitative estimate of drug-likeness (QED) is 0.364. The molecular formula is C24H35F3N8O4. The molecule has 1 aliphatic carbocycles. The maximum Gasteiger partial charge on any atom is 0.490 e. The minimum absolute atomic E-state index is 0.000435. The van der Waals surface area contributed by atoms with Crippen molar-refractivity contribution in [1.29, 1.82) is 5.26 Å². The van der Waals surface area contributed by atoms with Crippen molar-refractivity contribution in [3.63, 3.8) is 0 Å². The number of fused-ring (bicyclic) bond motifs is 1. The number of hydrazine groups is 1. The average molecular weight is 557 g/mol. The summed E-state index contributed by atoms with van der Waals surface area (Å²) in [6.07, 6.45) is 0.907. The molecule has 0 aliphatic heterocycles. The van der Waals surface area contributed by atoms with Gasteiger partial charge in [0.2, 0.25) is 5.82 Å².